The summed E-state index contributed by atoms with van der Waals surface area (Å²) >= 11 is 0.948. The van der Waals surface area contributed by atoms with E-state index in [4.69, 9.17) is 4.74 Å². The van der Waals surface area contributed by atoms with Crippen LogP contribution in [0.4, 0.5) is 9.18 Å². The largest absolute Gasteiger partial charge is 0.444 e. The topological polar surface area (TPSA) is 96.9 Å². The van der Waals surface area contributed by atoms with E-state index in [0.29, 0.717) is 0 Å². The number of rotatable bonds is 7. The molecule has 1 unspecified atom stereocenters. The summed E-state index contributed by atoms with van der Waals surface area (Å²) in [5.74, 6) is -1.42. The van der Waals surface area contributed by atoms with Crippen molar-refractivity contribution in [1.29, 1.82) is 0 Å². The average molecular weight is 508 g/mol. The Hall–Kier alpha value is -1.30. The second-order valence-corrected chi connectivity index (χ2v) is 19.2. The van der Waals surface area contributed by atoms with E-state index in [1.165, 1.54) is 11.4 Å². The van der Waals surface area contributed by atoms with E-state index in [0.717, 1.165) is 11.3 Å². The molecule has 11 heteroatoms. The highest BCUT2D eigenvalue weighted by Gasteiger charge is 2.40. The van der Waals surface area contributed by atoms with Gasteiger partial charge in [-0.05, 0) is 49.6 Å². The first-order chi connectivity index (χ1) is 14.3. The smallest absolute Gasteiger partial charge is 0.408 e. The Morgan fingerprint density at radius 1 is 1.22 bits per heavy atom. The second-order valence-electron chi connectivity index (χ2n) is 10.8. The zero-order valence-electron chi connectivity index (χ0n) is 20.8. The molecule has 2 amide bonds. The van der Waals surface area contributed by atoms with Gasteiger partial charge in [0.25, 0.3) is 5.91 Å². The van der Waals surface area contributed by atoms with Crippen LogP contribution in [0.2, 0.25) is 18.1 Å². The summed E-state index contributed by atoms with van der Waals surface area (Å²) in [5.41, 5.74) is -0.746. The summed E-state index contributed by atoms with van der Waals surface area (Å²) in [6.45, 7) is 18.9. The van der Waals surface area contributed by atoms with Crippen molar-refractivity contribution in [1.82, 2.24) is 9.70 Å². The monoisotopic (exact) mass is 507 g/mol. The molecule has 0 aliphatic rings. The zero-order valence-corrected chi connectivity index (χ0v) is 23.4. The van der Waals surface area contributed by atoms with Crippen LogP contribution >= 0.6 is 11.3 Å². The summed E-state index contributed by atoms with van der Waals surface area (Å²) in [6, 6.07) is 0.159. The van der Waals surface area contributed by atoms with Crippen LogP contribution in [0.3, 0.4) is 0 Å². The molecule has 2 atom stereocenters. The summed E-state index contributed by atoms with van der Waals surface area (Å²) < 4.78 is 40.8. The van der Waals surface area contributed by atoms with Crippen LogP contribution in [0.25, 0.3) is 0 Å². The van der Waals surface area contributed by atoms with E-state index in [2.05, 4.69) is 14.1 Å². The molecule has 1 rings (SSSR count). The molecule has 0 saturated carbocycles. The van der Waals surface area contributed by atoms with Crippen molar-refractivity contribution in [2.75, 3.05) is 0 Å². The van der Waals surface area contributed by atoms with Crippen molar-refractivity contribution >= 4 is 41.5 Å². The van der Waals surface area contributed by atoms with Gasteiger partial charge in [-0.2, -0.15) is 0 Å². The molecule has 0 aliphatic heterocycles. The van der Waals surface area contributed by atoms with E-state index < -0.39 is 47.6 Å². The van der Waals surface area contributed by atoms with Gasteiger partial charge in [0.2, 0.25) is 0 Å². The summed E-state index contributed by atoms with van der Waals surface area (Å²) in [7, 11) is -6.07. The Balaban J connectivity index is 3.46. The molecule has 7 nitrogen and oxygen atoms in total. The van der Waals surface area contributed by atoms with Crippen molar-refractivity contribution in [3.8, 4) is 0 Å². The van der Waals surface area contributed by atoms with E-state index in [1.54, 1.807) is 20.8 Å². The van der Waals surface area contributed by atoms with E-state index in [1.807, 2.05) is 47.7 Å². The third-order valence-electron chi connectivity index (χ3n) is 5.02. The molecule has 0 radical (unpaired) electrons. The van der Waals surface area contributed by atoms with Crippen LogP contribution in [0.1, 0.15) is 61.8 Å². The Labute approximate surface area is 197 Å². The van der Waals surface area contributed by atoms with Crippen LogP contribution in [0.5, 0.6) is 0 Å². The van der Waals surface area contributed by atoms with Gasteiger partial charge < -0.3 is 10.1 Å². The molecule has 32 heavy (non-hydrogen) atoms. The fourth-order valence-electron chi connectivity index (χ4n) is 2.42. The normalized spacial score (nSPS) is 15.8. The number of hydrogen-bond acceptors (Lipinski definition) is 5. The predicted molar refractivity (Wildman–Crippen MR) is 131 cm³/mol. The first-order valence-corrected chi connectivity index (χ1v) is 16.0. The molecule has 0 fully saturated rings. The van der Waals surface area contributed by atoms with Crippen LogP contribution in [0, 0.1) is 11.7 Å². The van der Waals surface area contributed by atoms with E-state index in [9.17, 15) is 18.2 Å². The van der Waals surface area contributed by atoms with Crippen LogP contribution in [0.15, 0.2) is 20.0 Å². The molecule has 1 aromatic rings. The van der Waals surface area contributed by atoms with Crippen LogP contribution in [-0.2, 0) is 19.4 Å². The summed E-state index contributed by atoms with van der Waals surface area (Å²) in [5, 5.41) is 3.78. The Kier molecular flexibility index (Phi) is 9.26. The molecule has 0 aliphatic carbocycles. The van der Waals surface area contributed by atoms with Gasteiger partial charge >= 0.3 is 6.09 Å². The quantitative estimate of drug-likeness (QED) is 0.463. The number of amides is 2. The summed E-state index contributed by atoms with van der Waals surface area (Å²) in [6.07, 6.45) is -0.498. The maximum atomic E-state index is 14.5. The van der Waals surface area contributed by atoms with Crippen molar-refractivity contribution in [2.24, 2.45) is 10.3 Å². The maximum absolute atomic E-state index is 14.5. The van der Waals surface area contributed by atoms with Crippen LogP contribution in [-0.4, -0.2) is 36.1 Å². The molecule has 2 N–H and O–H groups in total. The second kappa shape index (κ2) is 10.3. The minimum Gasteiger partial charge on any atom is -0.444 e. The number of hydrogen-bond donors (Lipinski definition) is 2. The fraction of sp³-hybridized carbons (Fsp3) is 0.714. The van der Waals surface area contributed by atoms with Gasteiger partial charge in [-0.25, -0.2) is 17.8 Å². The lowest BCUT2D eigenvalue weighted by molar-refractivity contribution is -0.120. The molecular weight excluding hydrogens is 469 g/mol. The number of nitrogens with one attached hydrogen (secondary N) is 2. The van der Waals surface area contributed by atoms with E-state index in [-0.39, 0.29) is 21.6 Å². The van der Waals surface area contributed by atoms with Gasteiger partial charge in [0.05, 0.1) is 0 Å². The minimum absolute atomic E-state index is 0.0389. The number of carbonyl (C=O) groups is 2. The molecular formula is C21H38FN3O4S2Si. The van der Waals surface area contributed by atoms with Gasteiger partial charge in [-0.15, -0.1) is 15.7 Å². The molecule has 184 valence electrons. The number of alkyl carbamates (subject to hydrolysis) is 1. The number of halogens is 1. The fourth-order valence-corrected chi connectivity index (χ4v) is 9.43. The van der Waals surface area contributed by atoms with E-state index >= 15 is 0 Å². The highest BCUT2D eigenvalue weighted by molar-refractivity contribution is 7.95. The molecule has 0 spiro atoms. The number of ether oxygens (including phenoxy) is 1. The van der Waals surface area contributed by atoms with Gasteiger partial charge in [0.15, 0.2) is 19.9 Å². The van der Waals surface area contributed by atoms with Crippen LogP contribution < -0.4 is 9.70 Å². The number of nitrogens with zero attached hydrogens (tertiary/aromatic N) is 1. The minimum atomic E-state index is -3.61. The van der Waals surface area contributed by atoms with Gasteiger partial charge in [-0.1, -0.05) is 47.7 Å². The Bertz CT molecular complexity index is 940. The highest BCUT2D eigenvalue weighted by atomic mass is 32.2. The molecule has 0 bridgehead atoms. The molecule has 1 aromatic heterocycles. The van der Waals surface area contributed by atoms with Gasteiger partial charge in [0, 0.05) is 0 Å². The van der Waals surface area contributed by atoms with Crippen molar-refractivity contribution in [3.63, 3.8) is 0 Å². The molecule has 0 aromatic carbocycles. The van der Waals surface area contributed by atoms with Crippen molar-refractivity contribution in [2.45, 2.75) is 95.8 Å². The lowest BCUT2D eigenvalue weighted by Gasteiger charge is -2.37. The lowest BCUT2D eigenvalue weighted by Crippen LogP contribution is -2.54. The first-order valence-electron chi connectivity index (χ1n) is 10.6. The zero-order chi connectivity index (χ0) is 25.1. The van der Waals surface area contributed by atoms with Gasteiger partial charge in [0.1, 0.15) is 19.9 Å². The standard InChI is InChI=1S/C21H38FN3O4S2Si/c1-14(2)13-16(23-19(27)29-20(3,4)5)17(26)24-31(28,18-15(22)11-12-30-18)25-32(9,10)21(6,7)8/h11-12,14,16H,13H2,1-10H3,(H,23,27)(H,24,25,26,28)/t16-,31?/m0/s1. The molecule has 0 saturated heterocycles. The van der Waals surface area contributed by atoms with Gasteiger partial charge in [-0.3, -0.25) is 4.79 Å². The molecule has 1 heterocycles. The Morgan fingerprint density at radius 2 is 1.78 bits per heavy atom. The first kappa shape index (κ1) is 28.7. The third kappa shape index (κ3) is 8.24. The SMILES string of the molecule is CC(C)C[C@H](NC(=O)OC(C)(C)C)C(=O)N=S(=O)(N[Si](C)(C)C(C)(C)C)c1sccc1F. The number of thiophene rings is 1. The summed E-state index contributed by atoms with van der Waals surface area (Å²) in [4.78, 5) is 25.5. The average Bonchev–Trinajstić information content (AvgIpc) is 2.97. The maximum Gasteiger partial charge on any atom is 0.408 e. The number of carbonyl (C=O) groups excluding carboxylic acids is 2. The lowest BCUT2D eigenvalue weighted by atomic mass is 10.0. The predicted octanol–water partition coefficient (Wildman–Crippen LogP) is 5.69. The van der Waals surface area contributed by atoms with Crippen molar-refractivity contribution < 1.29 is 22.9 Å². The van der Waals surface area contributed by atoms with Crippen molar-refractivity contribution in [3.05, 3.63) is 17.3 Å². The Morgan fingerprint density at radius 3 is 2.19 bits per heavy atom. The third-order valence-corrected chi connectivity index (χ3v) is 14.7. The highest BCUT2D eigenvalue weighted by Crippen LogP contribution is 2.36.